The van der Waals surface area contributed by atoms with Crippen LogP contribution in [0.25, 0.3) is 0 Å². The molecule has 1 nitrogen and oxygen atoms in total. The van der Waals surface area contributed by atoms with Gasteiger partial charge in [-0.3, -0.25) is 0 Å². The van der Waals surface area contributed by atoms with Gasteiger partial charge in [-0.25, -0.2) is 0 Å². The molecule has 1 heteroatoms. The topological polar surface area (TPSA) is 12.0 Å². The molecular weight excluding hydrogens is 218 g/mol. The summed E-state index contributed by atoms with van der Waals surface area (Å²) in [4.78, 5) is 0. The third-order valence-electron chi connectivity index (χ3n) is 3.24. The molecule has 0 fully saturated rings. The summed E-state index contributed by atoms with van der Waals surface area (Å²) in [6.45, 7) is 10.2. The molecule has 0 radical (unpaired) electrons. The minimum atomic E-state index is 0.624. The highest BCUT2D eigenvalue weighted by molar-refractivity contribution is 5.24. The van der Waals surface area contributed by atoms with Crippen LogP contribution >= 0.6 is 0 Å². The van der Waals surface area contributed by atoms with E-state index in [1.165, 1.54) is 36.8 Å². The van der Waals surface area contributed by atoms with Crippen molar-refractivity contribution in [3.63, 3.8) is 0 Å². The van der Waals surface area contributed by atoms with Crippen LogP contribution in [0.1, 0.15) is 51.7 Å². The van der Waals surface area contributed by atoms with Gasteiger partial charge < -0.3 is 5.32 Å². The summed E-state index contributed by atoms with van der Waals surface area (Å²) < 4.78 is 0. The monoisotopic (exact) mass is 247 g/mol. The van der Waals surface area contributed by atoms with Crippen LogP contribution in [0.4, 0.5) is 0 Å². The predicted octanol–water partition coefficient (Wildman–Crippen LogP) is 4.21. The Balaban J connectivity index is 2.42. The van der Waals surface area contributed by atoms with Gasteiger partial charge in [-0.2, -0.15) is 0 Å². The number of hydrogen-bond donors (Lipinski definition) is 1. The van der Waals surface area contributed by atoms with Crippen LogP contribution in [0.15, 0.2) is 24.3 Å². The molecule has 0 saturated heterocycles. The Kier molecular flexibility index (Phi) is 7.04. The van der Waals surface area contributed by atoms with Gasteiger partial charge in [-0.1, -0.05) is 45.0 Å². The predicted molar refractivity (Wildman–Crippen MR) is 81.1 cm³/mol. The zero-order valence-electron chi connectivity index (χ0n) is 12.5. The van der Waals surface area contributed by atoms with Crippen LogP contribution in [-0.4, -0.2) is 12.6 Å². The largest absolute Gasteiger partial charge is 0.314 e. The number of rotatable bonds is 8. The molecule has 0 aliphatic heterocycles. The van der Waals surface area contributed by atoms with Gasteiger partial charge in [0.2, 0.25) is 0 Å². The van der Waals surface area contributed by atoms with Gasteiger partial charge in [0.15, 0.2) is 0 Å². The first-order chi connectivity index (χ1) is 8.61. The Morgan fingerprint density at radius 2 is 1.83 bits per heavy atom. The fraction of sp³-hybridized carbons (Fsp3) is 0.647. The first kappa shape index (κ1) is 15.2. The number of aryl methyl sites for hydroxylation is 1. The van der Waals surface area contributed by atoms with Crippen LogP contribution < -0.4 is 5.32 Å². The molecule has 0 spiro atoms. The van der Waals surface area contributed by atoms with Crippen LogP contribution in [-0.2, 0) is 12.8 Å². The lowest BCUT2D eigenvalue weighted by molar-refractivity contribution is 0.513. The second-order valence-corrected chi connectivity index (χ2v) is 5.81. The van der Waals surface area contributed by atoms with Gasteiger partial charge in [-0.05, 0) is 56.2 Å². The molecule has 0 aliphatic rings. The minimum Gasteiger partial charge on any atom is -0.314 e. The number of nitrogens with one attached hydrogen (secondary N) is 1. The molecular formula is C17H29N. The third-order valence-corrected chi connectivity index (χ3v) is 3.24. The van der Waals surface area contributed by atoms with E-state index in [9.17, 15) is 0 Å². The molecule has 1 aromatic carbocycles. The summed E-state index contributed by atoms with van der Waals surface area (Å²) in [6.07, 6.45) is 4.82. The zero-order chi connectivity index (χ0) is 13.4. The van der Waals surface area contributed by atoms with Crippen molar-refractivity contribution in [2.45, 2.75) is 59.4 Å². The van der Waals surface area contributed by atoms with Crippen molar-refractivity contribution >= 4 is 0 Å². The van der Waals surface area contributed by atoms with E-state index < -0.39 is 0 Å². The Labute approximate surface area is 113 Å². The maximum Gasteiger partial charge on any atom is 0.00418 e. The highest BCUT2D eigenvalue weighted by atomic mass is 14.9. The van der Waals surface area contributed by atoms with Gasteiger partial charge in [-0.15, -0.1) is 0 Å². The molecule has 102 valence electrons. The average Bonchev–Trinajstić information content (AvgIpc) is 2.33. The summed E-state index contributed by atoms with van der Waals surface area (Å²) in [7, 11) is 0. The molecule has 18 heavy (non-hydrogen) atoms. The number of hydrogen-bond acceptors (Lipinski definition) is 1. The Bertz CT molecular complexity index is 330. The summed E-state index contributed by atoms with van der Waals surface area (Å²) in [5.41, 5.74) is 2.97. The maximum atomic E-state index is 3.55. The van der Waals surface area contributed by atoms with E-state index in [1.54, 1.807) is 0 Å². The minimum absolute atomic E-state index is 0.624. The van der Waals surface area contributed by atoms with Crippen molar-refractivity contribution in [3.8, 4) is 0 Å². The van der Waals surface area contributed by atoms with E-state index >= 15 is 0 Å². The van der Waals surface area contributed by atoms with Crippen molar-refractivity contribution in [1.29, 1.82) is 0 Å². The van der Waals surface area contributed by atoms with Crippen molar-refractivity contribution in [1.82, 2.24) is 5.32 Å². The summed E-state index contributed by atoms with van der Waals surface area (Å²) in [5, 5.41) is 3.55. The van der Waals surface area contributed by atoms with Gasteiger partial charge in [0.1, 0.15) is 0 Å². The molecule has 1 N–H and O–H groups in total. The SMILES string of the molecule is CCCNC(C)CCc1cccc(CC(C)C)c1. The first-order valence-electron chi connectivity index (χ1n) is 7.43. The van der Waals surface area contributed by atoms with Crippen molar-refractivity contribution in [2.75, 3.05) is 6.54 Å². The second-order valence-electron chi connectivity index (χ2n) is 5.81. The highest BCUT2D eigenvalue weighted by Gasteiger charge is 2.03. The molecule has 1 atom stereocenters. The smallest absolute Gasteiger partial charge is 0.00418 e. The van der Waals surface area contributed by atoms with E-state index in [0.29, 0.717) is 6.04 Å². The van der Waals surface area contributed by atoms with E-state index in [2.05, 4.69) is 57.3 Å². The van der Waals surface area contributed by atoms with Crippen LogP contribution in [0.3, 0.4) is 0 Å². The molecule has 0 bridgehead atoms. The van der Waals surface area contributed by atoms with Crippen molar-refractivity contribution in [2.24, 2.45) is 5.92 Å². The van der Waals surface area contributed by atoms with Crippen LogP contribution in [0, 0.1) is 5.92 Å². The molecule has 0 heterocycles. The lowest BCUT2D eigenvalue weighted by Gasteiger charge is -2.13. The molecule has 0 amide bonds. The molecule has 0 saturated carbocycles. The Morgan fingerprint density at radius 3 is 2.50 bits per heavy atom. The zero-order valence-corrected chi connectivity index (χ0v) is 12.5. The lowest BCUT2D eigenvalue weighted by Crippen LogP contribution is -2.27. The van der Waals surface area contributed by atoms with Gasteiger partial charge >= 0.3 is 0 Å². The van der Waals surface area contributed by atoms with Crippen molar-refractivity contribution in [3.05, 3.63) is 35.4 Å². The second kappa shape index (κ2) is 8.31. The normalized spacial score (nSPS) is 12.9. The summed E-state index contributed by atoms with van der Waals surface area (Å²) in [5.74, 6) is 0.741. The standard InChI is InChI=1S/C17H29N/c1-5-11-18-15(4)9-10-16-7-6-8-17(13-16)12-14(2)3/h6-8,13-15,18H,5,9-12H2,1-4H3. The lowest BCUT2D eigenvalue weighted by atomic mass is 9.98. The average molecular weight is 247 g/mol. The van der Waals surface area contributed by atoms with Gasteiger partial charge in [0.05, 0.1) is 0 Å². The fourth-order valence-electron chi connectivity index (χ4n) is 2.26. The molecule has 1 unspecified atom stereocenters. The third kappa shape index (κ3) is 6.20. The number of benzene rings is 1. The Hall–Kier alpha value is -0.820. The molecule has 0 aliphatic carbocycles. The summed E-state index contributed by atoms with van der Waals surface area (Å²) in [6, 6.07) is 9.72. The van der Waals surface area contributed by atoms with E-state index in [0.717, 1.165) is 12.5 Å². The van der Waals surface area contributed by atoms with E-state index in [-0.39, 0.29) is 0 Å². The molecule has 0 aromatic heterocycles. The Morgan fingerprint density at radius 1 is 1.11 bits per heavy atom. The maximum absolute atomic E-state index is 3.55. The first-order valence-corrected chi connectivity index (χ1v) is 7.43. The summed E-state index contributed by atoms with van der Waals surface area (Å²) >= 11 is 0. The van der Waals surface area contributed by atoms with Crippen LogP contribution in [0.2, 0.25) is 0 Å². The molecule has 1 aromatic rings. The van der Waals surface area contributed by atoms with E-state index in [1.807, 2.05) is 0 Å². The molecule has 1 rings (SSSR count). The fourth-order valence-corrected chi connectivity index (χ4v) is 2.26. The quantitative estimate of drug-likeness (QED) is 0.726. The van der Waals surface area contributed by atoms with E-state index in [4.69, 9.17) is 0 Å². The van der Waals surface area contributed by atoms with Crippen LogP contribution in [0.5, 0.6) is 0 Å². The van der Waals surface area contributed by atoms with Gasteiger partial charge in [0.25, 0.3) is 0 Å². The van der Waals surface area contributed by atoms with Gasteiger partial charge in [0, 0.05) is 6.04 Å². The van der Waals surface area contributed by atoms with Crippen molar-refractivity contribution < 1.29 is 0 Å². The highest BCUT2D eigenvalue weighted by Crippen LogP contribution is 2.12.